The standard InChI is InChI=1S/C22H23FN2/c23-22-8-4-3-7-21(22)17-25-13-11-24(12-14-25)16-18-9-10-19-5-1-2-6-20(19)15-18/h1-10,15H,11-14,16-17H2. The Labute approximate surface area is 148 Å². The molecule has 3 aromatic rings. The van der Waals surface area contributed by atoms with E-state index in [4.69, 9.17) is 0 Å². The molecule has 0 saturated carbocycles. The number of rotatable bonds is 4. The van der Waals surface area contributed by atoms with Crippen molar-refractivity contribution in [3.8, 4) is 0 Å². The maximum Gasteiger partial charge on any atom is 0.127 e. The molecular weight excluding hydrogens is 311 g/mol. The predicted molar refractivity (Wildman–Crippen MR) is 101 cm³/mol. The first-order valence-corrected chi connectivity index (χ1v) is 8.94. The van der Waals surface area contributed by atoms with E-state index in [2.05, 4.69) is 52.3 Å². The molecule has 4 rings (SSSR count). The minimum absolute atomic E-state index is 0.0962. The van der Waals surface area contributed by atoms with Crippen LogP contribution in [0.3, 0.4) is 0 Å². The summed E-state index contributed by atoms with van der Waals surface area (Å²) in [7, 11) is 0. The lowest BCUT2D eigenvalue weighted by molar-refractivity contribution is 0.121. The molecular formula is C22H23FN2. The second-order valence-electron chi connectivity index (χ2n) is 6.83. The van der Waals surface area contributed by atoms with Crippen LogP contribution in [0.1, 0.15) is 11.1 Å². The van der Waals surface area contributed by atoms with E-state index in [1.54, 1.807) is 12.1 Å². The second kappa shape index (κ2) is 7.34. The topological polar surface area (TPSA) is 6.48 Å². The van der Waals surface area contributed by atoms with Crippen LogP contribution in [0.15, 0.2) is 66.7 Å². The molecule has 3 aromatic carbocycles. The fraction of sp³-hybridized carbons (Fsp3) is 0.273. The molecule has 0 spiro atoms. The van der Waals surface area contributed by atoms with Gasteiger partial charge in [0.1, 0.15) is 5.82 Å². The minimum Gasteiger partial charge on any atom is -0.297 e. The summed E-state index contributed by atoms with van der Waals surface area (Å²) in [5.74, 6) is -0.0962. The Hall–Kier alpha value is -2.23. The van der Waals surface area contributed by atoms with Crippen molar-refractivity contribution in [3.63, 3.8) is 0 Å². The number of benzene rings is 3. The van der Waals surface area contributed by atoms with Crippen molar-refractivity contribution in [3.05, 3.63) is 83.7 Å². The number of fused-ring (bicyclic) bond motifs is 1. The van der Waals surface area contributed by atoms with Gasteiger partial charge >= 0.3 is 0 Å². The van der Waals surface area contributed by atoms with Crippen LogP contribution in [0.25, 0.3) is 10.8 Å². The molecule has 3 heteroatoms. The van der Waals surface area contributed by atoms with E-state index in [1.807, 2.05) is 12.1 Å². The van der Waals surface area contributed by atoms with Crippen molar-refractivity contribution in [1.29, 1.82) is 0 Å². The molecule has 0 aliphatic carbocycles. The molecule has 0 N–H and O–H groups in total. The van der Waals surface area contributed by atoms with E-state index in [1.165, 1.54) is 16.3 Å². The van der Waals surface area contributed by atoms with Gasteiger partial charge in [-0.15, -0.1) is 0 Å². The molecule has 1 aliphatic rings. The van der Waals surface area contributed by atoms with Crippen LogP contribution in [0, 0.1) is 5.82 Å². The third-order valence-electron chi connectivity index (χ3n) is 5.04. The number of halogens is 1. The van der Waals surface area contributed by atoms with Crippen molar-refractivity contribution in [2.75, 3.05) is 26.2 Å². The zero-order valence-corrected chi connectivity index (χ0v) is 14.4. The van der Waals surface area contributed by atoms with Crippen LogP contribution < -0.4 is 0 Å². The van der Waals surface area contributed by atoms with E-state index in [0.717, 1.165) is 38.3 Å². The van der Waals surface area contributed by atoms with E-state index < -0.39 is 0 Å². The first-order valence-electron chi connectivity index (χ1n) is 8.94. The zero-order valence-electron chi connectivity index (χ0n) is 14.4. The molecule has 2 nitrogen and oxygen atoms in total. The molecule has 0 atom stereocenters. The third kappa shape index (κ3) is 3.89. The Morgan fingerprint density at radius 2 is 1.32 bits per heavy atom. The Bertz CT molecular complexity index is 853. The lowest BCUT2D eigenvalue weighted by Gasteiger charge is -2.34. The molecule has 0 unspecified atom stereocenters. The van der Waals surface area contributed by atoms with Crippen molar-refractivity contribution in [2.45, 2.75) is 13.1 Å². The highest BCUT2D eigenvalue weighted by Crippen LogP contribution is 2.18. The van der Waals surface area contributed by atoms with Gasteiger partial charge in [-0.3, -0.25) is 9.80 Å². The van der Waals surface area contributed by atoms with Gasteiger partial charge in [0.2, 0.25) is 0 Å². The van der Waals surface area contributed by atoms with Crippen LogP contribution in [-0.2, 0) is 13.1 Å². The lowest BCUT2D eigenvalue weighted by Crippen LogP contribution is -2.45. The first-order chi connectivity index (χ1) is 12.3. The summed E-state index contributed by atoms with van der Waals surface area (Å²) in [4.78, 5) is 4.83. The molecule has 0 bridgehead atoms. The molecule has 0 amide bonds. The van der Waals surface area contributed by atoms with Crippen molar-refractivity contribution >= 4 is 10.8 Å². The summed E-state index contributed by atoms with van der Waals surface area (Å²) in [6.07, 6.45) is 0. The Kier molecular flexibility index (Phi) is 4.77. The summed E-state index contributed by atoms with van der Waals surface area (Å²) < 4.78 is 13.8. The summed E-state index contributed by atoms with van der Waals surface area (Å²) in [5, 5.41) is 2.60. The number of hydrogen-bond donors (Lipinski definition) is 0. The van der Waals surface area contributed by atoms with Gasteiger partial charge in [-0.05, 0) is 28.5 Å². The van der Waals surface area contributed by atoms with Gasteiger partial charge < -0.3 is 0 Å². The maximum absolute atomic E-state index is 13.8. The predicted octanol–water partition coefficient (Wildman–Crippen LogP) is 4.30. The van der Waals surface area contributed by atoms with Crippen LogP contribution in [-0.4, -0.2) is 36.0 Å². The number of piperazine rings is 1. The van der Waals surface area contributed by atoms with Gasteiger partial charge in [0.15, 0.2) is 0 Å². The van der Waals surface area contributed by atoms with Gasteiger partial charge in [-0.1, -0.05) is 54.6 Å². The van der Waals surface area contributed by atoms with Crippen LogP contribution in [0.4, 0.5) is 4.39 Å². The fourth-order valence-corrected chi connectivity index (χ4v) is 3.57. The van der Waals surface area contributed by atoms with Gasteiger partial charge in [-0.25, -0.2) is 4.39 Å². The highest BCUT2D eigenvalue weighted by Gasteiger charge is 2.18. The van der Waals surface area contributed by atoms with Gasteiger partial charge in [0.25, 0.3) is 0 Å². The van der Waals surface area contributed by atoms with E-state index >= 15 is 0 Å². The highest BCUT2D eigenvalue weighted by molar-refractivity contribution is 5.82. The van der Waals surface area contributed by atoms with Gasteiger partial charge in [0, 0.05) is 44.8 Å². The van der Waals surface area contributed by atoms with Gasteiger partial charge in [-0.2, -0.15) is 0 Å². The monoisotopic (exact) mass is 334 g/mol. The average molecular weight is 334 g/mol. The third-order valence-corrected chi connectivity index (χ3v) is 5.04. The second-order valence-corrected chi connectivity index (χ2v) is 6.83. The Balaban J connectivity index is 1.34. The first kappa shape index (κ1) is 16.2. The molecule has 1 fully saturated rings. The number of hydrogen-bond acceptors (Lipinski definition) is 2. The summed E-state index contributed by atoms with van der Waals surface area (Å²) in [5.41, 5.74) is 2.16. The lowest BCUT2D eigenvalue weighted by atomic mass is 10.1. The zero-order chi connectivity index (χ0) is 17.1. The van der Waals surface area contributed by atoms with Crippen molar-refractivity contribution < 1.29 is 4.39 Å². The smallest absolute Gasteiger partial charge is 0.127 e. The normalized spacial score (nSPS) is 16.4. The van der Waals surface area contributed by atoms with Crippen molar-refractivity contribution in [2.24, 2.45) is 0 Å². The van der Waals surface area contributed by atoms with Gasteiger partial charge in [0.05, 0.1) is 0 Å². The largest absolute Gasteiger partial charge is 0.297 e. The molecule has 0 aromatic heterocycles. The van der Waals surface area contributed by atoms with Crippen LogP contribution >= 0.6 is 0 Å². The molecule has 1 saturated heterocycles. The Morgan fingerprint density at radius 3 is 2.08 bits per heavy atom. The van der Waals surface area contributed by atoms with Crippen molar-refractivity contribution in [1.82, 2.24) is 9.80 Å². The maximum atomic E-state index is 13.8. The number of nitrogens with zero attached hydrogens (tertiary/aromatic N) is 2. The summed E-state index contributed by atoms with van der Waals surface area (Å²) in [6, 6.07) is 22.3. The minimum atomic E-state index is -0.0962. The fourth-order valence-electron chi connectivity index (χ4n) is 3.57. The van der Waals surface area contributed by atoms with E-state index in [0.29, 0.717) is 6.54 Å². The van der Waals surface area contributed by atoms with E-state index in [-0.39, 0.29) is 5.82 Å². The molecule has 1 aliphatic heterocycles. The molecule has 0 radical (unpaired) electrons. The Morgan fingerprint density at radius 1 is 0.680 bits per heavy atom. The van der Waals surface area contributed by atoms with E-state index in [9.17, 15) is 4.39 Å². The summed E-state index contributed by atoms with van der Waals surface area (Å²) >= 11 is 0. The SMILES string of the molecule is Fc1ccccc1CN1CCN(Cc2ccc3ccccc3c2)CC1. The molecule has 25 heavy (non-hydrogen) atoms. The molecule has 1 heterocycles. The highest BCUT2D eigenvalue weighted by atomic mass is 19.1. The summed E-state index contributed by atoms with van der Waals surface area (Å²) in [6.45, 7) is 5.72. The van der Waals surface area contributed by atoms with Crippen LogP contribution in [0.2, 0.25) is 0 Å². The quantitative estimate of drug-likeness (QED) is 0.702. The van der Waals surface area contributed by atoms with Crippen LogP contribution in [0.5, 0.6) is 0 Å². The molecule has 128 valence electrons. The average Bonchev–Trinajstić information content (AvgIpc) is 2.65.